The summed E-state index contributed by atoms with van der Waals surface area (Å²) in [5, 5.41) is 9.01. The van der Waals surface area contributed by atoms with E-state index >= 15 is 0 Å². The molecule has 0 spiro atoms. The van der Waals surface area contributed by atoms with E-state index < -0.39 is 18.1 Å². The van der Waals surface area contributed by atoms with Crippen molar-refractivity contribution in [2.75, 3.05) is 19.8 Å². The van der Waals surface area contributed by atoms with E-state index in [0.717, 1.165) is 16.0 Å². The molecule has 9 nitrogen and oxygen atoms in total. The fraction of sp³-hybridized carbons (Fsp3) is 0.296. The fourth-order valence-corrected chi connectivity index (χ4v) is 3.73. The van der Waals surface area contributed by atoms with E-state index in [9.17, 15) is 9.59 Å². The van der Waals surface area contributed by atoms with Gasteiger partial charge in [-0.1, -0.05) is 36.4 Å². The molecule has 4 rings (SSSR count). The van der Waals surface area contributed by atoms with E-state index in [-0.39, 0.29) is 19.8 Å². The van der Waals surface area contributed by atoms with E-state index in [1.54, 1.807) is 18.4 Å². The summed E-state index contributed by atoms with van der Waals surface area (Å²) in [6.45, 7) is 2.17. The van der Waals surface area contributed by atoms with Crippen LogP contribution in [-0.2, 0) is 22.6 Å². The largest absolute Gasteiger partial charge is 0.490 e. The summed E-state index contributed by atoms with van der Waals surface area (Å²) >= 11 is 0. The summed E-state index contributed by atoms with van der Waals surface area (Å²) in [6.07, 6.45) is 4.53. The molecule has 0 saturated carbocycles. The van der Waals surface area contributed by atoms with Crippen LogP contribution in [0.4, 0.5) is 4.79 Å². The van der Waals surface area contributed by atoms with Gasteiger partial charge in [0.15, 0.2) is 17.6 Å². The highest BCUT2D eigenvalue weighted by molar-refractivity contribution is 6.00. The average molecular weight is 493 g/mol. The molecule has 0 bridgehead atoms. The number of hydrogen-bond acceptors (Lipinski definition) is 8. The standard InChI is InChI=1S/C27H28N2O7/c1-2-33-24-16-20(9-12-23-26(31)29(14-15-30)27(32)36-23)8-11-22(24)34-17-21-18-35-25(28-21)13-10-19-6-4-3-5-7-19/h3-8,10-11,13,16,18,23,30H,2,9,12,14-15,17H2,1H3/b13-10+. The van der Waals surface area contributed by atoms with E-state index in [1.165, 1.54) is 0 Å². The third-order valence-electron chi connectivity index (χ3n) is 5.49. The number of amides is 2. The maximum absolute atomic E-state index is 12.3. The zero-order valence-corrected chi connectivity index (χ0v) is 20.0. The van der Waals surface area contributed by atoms with Crippen LogP contribution in [0.1, 0.15) is 36.1 Å². The number of aliphatic hydroxyl groups is 1. The van der Waals surface area contributed by atoms with Crippen LogP contribution < -0.4 is 9.47 Å². The van der Waals surface area contributed by atoms with Gasteiger partial charge < -0.3 is 23.7 Å². The molecule has 1 aliphatic heterocycles. The van der Waals surface area contributed by atoms with Gasteiger partial charge in [-0.05, 0) is 49.1 Å². The summed E-state index contributed by atoms with van der Waals surface area (Å²) < 4.78 is 22.3. The van der Waals surface area contributed by atoms with Gasteiger partial charge in [0.05, 0.1) is 19.8 Å². The molecule has 1 saturated heterocycles. The van der Waals surface area contributed by atoms with Crippen LogP contribution in [0.15, 0.2) is 59.2 Å². The number of carbonyl (C=O) groups is 2. The molecule has 1 aromatic heterocycles. The third-order valence-corrected chi connectivity index (χ3v) is 5.49. The summed E-state index contributed by atoms with van der Waals surface area (Å²) in [7, 11) is 0. The molecule has 36 heavy (non-hydrogen) atoms. The van der Waals surface area contributed by atoms with Gasteiger partial charge in [-0.15, -0.1) is 0 Å². The van der Waals surface area contributed by atoms with Crippen molar-refractivity contribution in [3.63, 3.8) is 0 Å². The lowest BCUT2D eigenvalue weighted by atomic mass is 10.1. The Hall–Kier alpha value is -4.11. The van der Waals surface area contributed by atoms with E-state index in [4.69, 9.17) is 23.7 Å². The molecule has 1 aliphatic rings. The molecule has 188 valence electrons. The maximum Gasteiger partial charge on any atom is 0.417 e. The van der Waals surface area contributed by atoms with Gasteiger partial charge in [0.2, 0.25) is 5.89 Å². The highest BCUT2D eigenvalue weighted by atomic mass is 16.6. The Labute approximate surface area is 208 Å². The number of imide groups is 1. The van der Waals surface area contributed by atoms with Crippen molar-refractivity contribution >= 4 is 24.2 Å². The number of benzene rings is 2. The number of aryl methyl sites for hydroxylation is 1. The molecule has 9 heteroatoms. The zero-order chi connectivity index (χ0) is 25.3. The van der Waals surface area contributed by atoms with Gasteiger partial charge in [-0.3, -0.25) is 4.79 Å². The van der Waals surface area contributed by atoms with Crippen LogP contribution in [0, 0.1) is 0 Å². The number of aliphatic hydroxyl groups excluding tert-OH is 1. The van der Waals surface area contributed by atoms with Gasteiger partial charge in [0.25, 0.3) is 5.91 Å². The van der Waals surface area contributed by atoms with E-state index in [2.05, 4.69) is 4.98 Å². The van der Waals surface area contributed by atoms with Crippen LogP contribution in [0.2, 0.25) is 0 Å². The van der Waals surface area contributed by atoms with Crippen LogP contribution in [-0.4, -0.2) is 52.9 Å². The Kier molecular flexibility index (Phi) is 8.36. The number of hydrogen-bond donors (Lipinski definition) is 1. The Bertz CT molecular complexity index is 1210. The number of rotatable bonds is 12. The maximum atomic E-state index is 12.3. The first kappa shape index (κ1) is 25.0. The number of cyclic esters (lactones) is 1. The molecule has 1 atom stereocenters. The fourth-order valence-electron chi connectivity index (χ4n) is 3.73. The molecular weight excluding hydrogens is 464 g/mol. The number of aromatic nitrogens is 1. The van der Waals surface area contributed by atoms with Gasteiger partial charge in [-0.2, -0.15) is 0 Å². The normalized spacial score (nSPS) is 15.5. The van der Waals surface area contributed by atoms with Crippen molar-refractivity contribution in [3.05, 3.63) is 77.5 Å². The van der Waals surface area contributed by atoms with Gasteiger partial charge in [-0.25, -0.2) is 14.7 Å². The van der Waals surface area contributed by atoms with Crippen LogP contribution in [0.25, 0.3) is 12.2 Å². The Morgan fingerprint density at radius 1 is 1.08 bits per heavy atom. The lowest BCUT2D eigenvalue weighted by Gasteiger charge is -2.13. The number of carbonyl (C=O) groups excluding carboxylic acids is 2. The summed E-state index contributed by atoms with van der Waals surface area (Å²) in [6, 6.07) is 15.4. The smallest absolute Gasteiger partial charge is 0.417 e. The summed E-state index contributed by atoms with van der Waals surface area (Å²) in [5.41, 5.74) is 2.60. The quantitative estimate of drug-likeness (QED) is 0.402. The minimum Gasteiger partial charge on any atom is -0.490 e. The lowest BCUT2D eigenvalue weighted by Crippen LogP contribution is -2.33. The van der Waals surface area contributed by atoms with Crippen molar-refractivity contribution in [1.82, 2.24) is 9.88 Å². The molecule has 1 fully saturated rings. The predicted molar refractivity (Wildman–Crippen MR) is 131 cm³/mol. The van der Waals surface area contributed by atoms with Crippen molar-refractivity contribution < 1.29 is 33.3 Å². The average Bonchev–Trinajstić information content (AvgIpc) is 3.46. The minimum atomic E-state index is -0.854. The number of nitrogens with zero attached hydrogens (tertiary/aromatic N) is 2. The second-order valence-electron chi connectivity index (χ2n) is 8.05. The van der Waals surface area contributed by atoms with Crippen LogP contribution in [0.3, 0.4) is 0 Å². The highest BCUT2D eigenvalue weighted by Gasteiger charge is 2.39. The van der Waals surface area contributed by atoms with Crippen LogP contribution >= 0.6 is 0 Å². The van der Waals surface area contributed by atoms with Crippen molar-refractivity contribution in [2.45, 2.75) is 32.5 Å². The number of ether oxygens (including phenoxy) is 3. The summed E-state index contributed by atoms with van der Waals surface area (Å²) in [4.78, 5) is 29.4. The predicted octanol–water partition coefficient (Wildman–Crippen LogP) is 4.10. The molecule has 0 aliphatic carbocycles. The molecule has 2 heterocycles. The minimum absolute atomic E-state index is 0.0645. The van der Waals surface area contributed by atoms with Crippen molar-refractivity contribution in [2.24, 2.45) is 0 Å². The molecule has 1 N–H and O–H groups in total. The molecule has 0 radical (unpaired) electrons. The summed E-state index contributed by atoms with van der Waals surface area (Å²) in [5.74, 6) is 1.18. The second-order valence-corrected chi connectivity index (χ2v) is 8.05. The Morgan fingerprint density at radius 3 is 2.69 bits per heavy atom. The molecular formula is C27H28N2O7. The number of oxazole rings is 1. The van der Waals surface area contributed by atoms with Gasteiger partial charge in [0, 0.05) is 6.08 Å². The zero-order valence-electron chi connectivity index (χ0n) is 20.0. The molecule has 3 aromatic rings. The van der Waals surface area contributed by atoms with Gasteiger partial charge >= 0.3 is 6.09 Å². The first-order valence-electron chi connectivity index (χ1n) is 11.8. The Morgan fingerprint density at radius 2 is 1.92 bits per heavy atom. The van der Waals surface area contributed by atoms with E-state index in [0.29, 0.717) is 42.5 Å². The monoisotopic (exact) mass is 492 g/mol. The third kappa shape index (κ3) is 6.31. The van der Waals surface area contributed by atoms with E-state index in [1.807, 2.05) is 55.5 Å². The number of β-amino-alcohol motifs (C(OH)–C–C–N with tert-alkyl or cyclic N) is 1. The molecule has 2 aromatic carbocycles. The lowest BCUT2D eigenvalue weighted by molar-refractivity contribution is -0.130. The van der Waals surface area contributed by atoms with Crippen molar-refractivity contribution in [1.29, 1.82) is 0 Å². The molecule has 1 unspecified atom stereocenters. The first-order valence-corrected chi connectivity index (χ1v) is 11.8. The van der Waals surface area contributed by atoms with Gasteiger partial charge in [0.1, 0.15) is 18.6 Å². The topological polar surface area (TPSA) is 111 Å². The molecule has 2 amide bonds. The van der Waals surface area contributed by atoms with Crippen molar-refractivity contribution in [3.8, 4) is 11.5 Å². The highest BCUT2D eigenvalue weighted by Crippen LogP contribution is 2.30. The first-order chi connectivity index (χ1) is 17.6. The van der Waals surface area contributed by atoms with Crippen LogP contribution in [0.5, 0.6) is 11.5 Å². The SMILES string of the molecule is CCOc1cc(CCC2OC(=O)N(CCO)C2=O)ccc1OCc1coc(/C=C/c2ccccc2)n1. The Balaban J connectivity index is 1.34. The second kappa shape index (κ2) is 12.0.